The van der Waals surface area contributed by atoms with Gasteiger partial charge in [-0.05, 0) is 103 Å². The van der Waals surface area contributed by atoms with Crippen LogP contribution in [0.15, 0.2) is 109 Å². The van der Waals surface area contributed by atoms with Crippen molar-refractivity contribution in [2.75, 3.05) is 38.8 Å². The number of methoxy groups -OCH3 is 2. The normalized spacial score (nSPS) is 17.8. The van der Waals surface area contributed by atoms with Gasteiger partial charge >= 0.3 is 12.1 Å². The number of hydrogen-bond donors (Lipinski definition) is 0. The van der Waals surface area contributed by atoms with Crippen molar-refractivity contribution in [3.8, 4) is 17.2 Å². The number of pyridine rings is 1. The molecule has 290 valence electrons. The van der Waals surface area contributed by atoms with Gasteiger partial charge in [0.15, 0.2) is 11.5 Å². The summed E-state index contributed by atoms with van der Waals surface area (Å²) in [5.41, 5.74) is 4.23. The van der Waals surface area contributed by atoms with E-state index < -0.39 is 12.1 Å². The quantitative estimate of drug-likeness (QED) is 0.102. The van der Waals surface area contributed by atoms with Crippen LogP contribution >= 0.6 is 23.2 Å². The summed E-state index contributed by atoms with van der Waals surface area (Å²) in [4.78, 5) is 35.2. The number of nitrogens with zero attached hydrogens (tertiary/aromatic N) is 3. The number of esters is 1. The Bertz CT molecular complexity index is 2090. The van der Waals surface area contributed by atoms with Crippen molar-refractivity contribution in [2.45, 2.75) is 44.6 Å². The van der Waals surface area contributed by atoms with E-state index in [2.05, 4.69) is 9.88 Å². The number of benzene rings is 4. The molecule has 0 radical (unpaired) electrons. The third-order valence-electron chi connectivity index (χ3n) is 10.4. The monoisotopic (exact) mass is 795 g/mol. The molecule has 10 nitrogen and oxygen atoms in total. The molecule has 4 heterocycles. The molecule has 2 atom stereocenters. The molecule has 56 heavy (non-hydrogen) atoms. The SMILES string of the molecule is COc1ccc([C@H](Cc2c(Cl)cncc2Cl)OC(=O)c2ccc(COc3ccc(CN(C(=O)O[C@H]4CN5CCC4CC5)c4ccccc4)cc3)cc2)cc1OC. The summed E-state index contributed by atoms with van der Waals surface area (Å²) in [5, 5.41) is 0.735. The Morgan fingerprint density at radius 1 is 0.839 bits per heavy atom. The van der Waals surface area contributed by atoms with Crippen LogP contribution in [0.4, 0.5) is 10.5 Å². The van der Waals surface area contributed by atoms with Crippen LogP contribution in [0.5, 0.6) is 17.2 Å². The van der Waals surface area contributed by atoms with Crippen molar-refractivity contribution < 1.29 is 33.3 Å². The van der Waals surface area contributed by atoms with Gasteiger partial charge in [-0.3, -0.25) is 14.8 Å². The third kappa shape index (κ3) is 9.38. The van der Waals surface area contributed by atoms with Gasteiger partial charge in [-0.2, -0.15) is 0 Å². The number of anilines is 1. The Hall–Kier alpha value is -5.29. The van der Waals surface area contributed by atoms with Gasteiger partial charge in [0.2, 0.25) is 0 Å². The predicted octanol–water partition coefficient (Wildman–Crippen LogP) is 9.36. The van der Waals surface area contributed by atoms with E-state index in [1.807, 2.05) is 72.8 Å². The number of hydrogen-bond acceptors (Lipinski definition) is 9. The zero-order valence-corrected chi connectivity index (χ0v) is 32.7. The lowest BCUT2D eigenvalue weighted by Crippen LogP contribution is -2.53. The lowest BCUT2D eigenvalue weighted by Gasteiger charge is -2.44. The van der Waals surface area contributed by atoms with E-state index in [9.17, 15) is 9.59 Å². The van der Waals surface area contributed by atoms with Crippen LogP contribution in [0.1, 0.15) is 51.6 Å². The summed E-state index contributed by atoms with van der Waals surface area (Å²) < 4.78 is 29.2. The summed E-state index contributed by atoms with van der Waals surface area (Å²) in [7, 11) is 3.09. The first kappa shape index (κ1) is 39.0. The van der Waals surface area contributed by atoms with Gasteiger partial charge < -0.3 is 23.7 Å². The highest BCUT2D eigenvalue weighted by molar-refractivity contribution is 6.35. The minimum atomic E-state index is -0.749. The van der Waals surface area contributed by atoms with E-state index in [4.69, 9.17) is 46.9 Å². The zero-order chi connectivity index (χ0) is 39.0. The topological polar surface area (TPSA) is 99.7 Å². The number of carbonyl (C=O) groups is 2. The minimum absolute atomic E-state index is 0.0792. The van der Waals surface area contributed by atoms with Crippen LogP contribution in [0.25, 0.3) is 0 Å². The molecule has 0 N–H and O–H groups in total. The zero-order valence-electron chi connectivity index (χ0n) is 31.2. The Morgan fingerprint density at radius 2 is 1.52 bits per heavy atom. The maximum absolute atomic E-state index is 13.6. The molecule has 5 aromatic rings. The maximum atomic E-state index is 13.6. The molecule has 4 aromatic carbocycles. The Balaban J connectivity index is 0.976. The first-order chi connectivity index (χ1) is 27.3. The van der Waals surface area contributed by atoms with Crippen LogP contribution in [0.3, 0.4) is 0 Å². The van der Waals surface area contributed by atoms with E-state index in [1.54, 1.807) is 43.4 Å². The van der Waals surface area contributed by atoms with E-state index in [-0.39, 0.29) is 25.2 Å². The van der Waals surface area contributed by atoms with Crippen molar-refractivity contribution in [1.82, 2.24) is 9.88 Å². The van der Waals surface area contributed by atoms with E-state index in [1.165, 1.54) is 12.4 Å². The van der Waals surface area contributed by atoms with E-state index >= 15 is 0 Å². The smallest absolute Gasteiger partial charge is 0.414 e. The fourth-order valence-corrected chi connectivity index (χ4v) is 7.70. The molecule has 3 aliphatic heterocycles. The number of ether oxygens (including phenoxy) is 5. The Morgan fingerprint density at radius 3 is 2.16 bits per heavy atom. The number of fused-ring (bicyclic) bond motifs is 3. The molecular formula is C44H43Cl2N3O7. The number of para-hydroxylation sites is 1. The molecule has 0 spiro atoms. The molecule has 8 rings (SSSR count). The summed E-state index contributed by atoms with van der Waals surface area (Å²) in [6.45, 7) is 3.61. The van der Waals surface area contributed by atoms with Gasteiger partial charge in [-0.15, -0.1) is 0 Å². The maximum Gasteiger partial charge on any atom is 0.414 e. The molecule has 12 heteroatoms. The molecule has 3 saturated heterocycles. The largest absolute Gasteiger partial charge is 0.493 e. The van der Waals surface area contributed by atoms with Gasteiger partial charge in [0.1, 0.15) is 24.6 Å². The average molecular weight is 797 g/mol. The molecule has 0 aliphatic carbocycles. The van der Waals surface area contributed by atoms with Gasteiger partial charge in [0.25, 0.3) is 0 Å². The minimum Gasteiger partial charge on any atom is -0.493 e. The Kier molecular flexibility index (Phi) is 12.6. The lowest BCUT2D eigenvalue weighted by molar-refractivity contribution is -0.0311. The number of carbonyl (C=O) groups excluding carboxylic acids is 2. The van der Waals surface area contributed by atoms with Crippen molar-refractivity contribution in [2.24, 2.45) is 5.92 Å². The third-order valence-corrected chi connectivity index (χ3v) is 11.0. The van der Waals surface area contributed by atoms with Crippen molar-refractivity contribution in [3.05, 3.63) is 147 Å². The summed E-state index contributed by atoms with van der Waals surface area (Å²) in [6, 6.07) is 29.7. The standard InChI is InChI=1S/C44H43Cl2N3O7/c1-52-39-17-14-33(22-41(39)53-2)40(23-36-37(45)24-47-25-38(36)46)55-43(50)32-12-8-30(9-13-32)28-54-35-15-10-29(11-16-35)26-49(34-6-4-3-5-7-34)44(51)56-42-27-48-20-18-31(42)19-21-48/h3-17,22,24-25,31,40,42H,18-21,23,26-28H2,1-2H3/t40-,42-/m0/s1. The second-order valence-corrected chi connectivity index (χ2v) is 14.7. The highest BCUT2D eigenvalue weighted by Crippen LogP contribution is 2.36. The van der Waals surface area contributed by atoms with Crippen LogP contribution in [0, 0.1) is 5.92 Å². The van der Waals surface area contributed by atoms with Gasteiger partial charge in [0, 0.05) is 31.0 Å². The van der Waals surface area contributed by atoms with Crippen LogP contribution in [-0.4, -0.2) is 61.9 Å². The fraction of sp³-hybridized carbons (Fsp3) is 0.295. The number of rotatable bonds is 14. The van der Waals surface area contributed by atoms with Gasteiger partial charge in [-0.1, -0.05) is 71.7 Å². The summed E-state index contributed by atoms with van der Waals surface area (Å²) in [6.07, 6.45) is 4.20. The van der Waals surface area contributed by atoms with Gasteiger partial charge in [0.05, 0.1) is 36.4 Å². The number of aromatic nitrogens is 1. The number of piperidine rings is 3. The molecule has 3 aliphatic rings. The first-order valence-electron chi connectivity index (χ1n) is 18.5. The van der Waals surface area contributed by atoms with E-state index in [0.717, 1.165) is 49.3 Å². The highest BCUT2D eigenvalue weighted by Gasteiger charge is 2.37. The molecule has 1 amide bonds. The van der Waals surface area contributed by atoms with Crippen LogP contribution in [0.2, 0.25) is 10.0 Å². The van der Waals surface area contributed by atoms with Crippen molar-refractivity contribution in [1.29, 1.82) is 0 Å². The molecule has 3 fully saturated rings. The molecule has 0 unspecified atom stereocenters. The van der Waals surface area contributed by atoms with Crippen LogP contribution < -0.4 is 19.1 Å². The number of halogens is 2. The average Bonchev–Trinajstić information content (AvgIpc) is 3.24. The second kappa shape index (κ2) is 18.1. The Labute approximate surface area is 336 Å². The van der Waals surface area contributed by atoms with Crippen molar-refractivity contribution >= 4 is 41.0 Å². The highest BCUT2D eigenvalue weighted by atomic mass is 35.5. The predicted molar refractivity (Wildman–Crippen MR) is 215 cm³/mol. The molecule has 0 saturated carbocycles. The fourth-order valence-electron chi connectivity index (χ4n) is 7.18. The summed E-state index contributed by atoms with van der Waals surface area (Å²) in [5.74, 6) is 1.61. The molecular weight excluding hydrogens is 753 g/mol. The molecule has 2 bridgehead atoms. The first-order valence-corrected chi connectivity index (χ1v) is 19.3. The van der Waals surface area contributed by atoms with Crippen LogP contribution in [-0.2, 0) is 29.0 Å². The van der Waals surface area contributed by atoms with Crippen molar-refractivity contribution in [3.63, 3.8) is 0 Å². The van der Waals surface area contributed by atoms with E-state index in [0.29, 0.717) is 56.4 Å². The summed E-state index contributed by atoms with van der Waals surface area (Å²) >= 11 is 12.9. The number of amides is 1. The second-order valence-electron chi connectivity index (χ2n) is 13.9. The lowest BCUT2D eigenvalue weighted by atomic mass is 9.86. The molecule has 1 aromatic heterocycles. The van der Waals surface area contributed by atoms with Gasteiger partial charge in [-0.25, -0.2) is 9.59 Å².